The Morgan fingerprint density at radius 3 is 2.33 bits per heavy atom. The standard InChI is InChI=1S/C22H28N10O11P2/c23-16-11-17(26-5-25-16)31(6-27-11)20-13(34)15-10(41-20)4-39-44(36)42-14-8(1-2-33)9(3-38-45(37)43-15)40-21(14)32-7-28-12-18(32)29-22(24)30-19(12)35/h5-10,13-15,20-21,33-34,36-37H,1-4H2,(H2,23,25,26)(H3,24,29,30,35). The van der Waals surface area contributed by atoms with Crippen molar-refractivity contribution >= 4 is 51.3 Å². The van der Waals surface area contributed by atoms with E-state index in [1.807, 2.05) is 0 Å². The second-order valence-electron chi connectivity index (χ2n) is 10.4. The quantitative estimate of drug-likeness (QED) is 0.122. The molecular formula is C22H28N10O11P2. The summed E-state index contributed by atoms with van der Waals surface area (Å²) in [5.74, 6) is -0.620. The van der Waals surface area contributed by atoms with Crippen molar-refractivity contribution in [3.05, 3.63) is 29.3 Å². The number of nitrogens with one attached hydrogen (secondary N) is 1. The number of aliphatic hydroxyl groups excluding tert-OH is 2. The Bertz CT molecular complexity index is 1740. The highest BCUT2D eigenvalue weighted by molar-refractivity contribution is 7.40. The number of fused-ring (bicyclic) bond motifs is 5. The first-order chi connectivity index (χ1) is 21.7. The van der Waals surface area contributed by atoms with Crippen LogP contribution in [-0.2, 0) is 27.6 Å². The molecule has 21 nitrogen and oxygen atoms in total. The summed E-state index contributed by atoms with van der Waals surface area (Å²) >= 11 is 0. The fourth-order valence-electron chi connectivity index (χ4n) is 5.74. The molecule has 0 radical (unpaired) electrons. The van der Waals surface area contributed by atoms with Crippen LogP contribution in [0.15, 0.2) is 23.8 Å². The van der Waals surface area contributed by atoms with Gasteiger partial charge in [-0.1, -0.05) is 0 Å². The molecule has 3 fully saturated rings. The minimum atomic E-state index is -2.63. The van der Waals surface area contributed by atoms with Crippen molar-refractivity contribution < 1.29 is 47.6 Å². The normalized spacial score (nSPS) is 34.4. The summed E-state index contributed by atoms with van der Waals surface area (Å²) < 4.78 is 38.2. The number of nitrogens with two attached hydrogens (primary N) is 2. The van der Waals surface area contributed by atoms with Crippen LogP contribution in [0.3, 0.4) is 0 Å². The summed E-state index contributed by atoms with van der Waals surface area (Å²) in [5.41, 5.74) is 11.8. The highest BCUT2D eigenvalue weighted by atomic mass is 31.2. The van der Waals surface area contributed by atoms with Gasteiger partial charge < -0.3 is 59.0 Å². The topological polar surface area (TPSA) is 296 Å². The zero-order valence-electron chi connectivity index (χ0n) is 23.0. The van der Waals surface area contributed by atoms with E-state index >= 15 is 0 Å². The van der Waals surface area contributed by atoms with Crippen LogP contribution in [0.1, 0.15) is 18.9 Å². The first-order valence-corrected chi connectivity index (χ1v) is 15.8. The fraction of sp³-hybridized carbons (Fsp3) is 0.545. The lowest BCUT2D eigenvalue weighted by atomic mass is 9.95. The molecule has 0 amide bonds. The Kier molecular flexibility index (Phi) is 8.36. The van der Waals surface area contributed by atoms with E-state index in [1.165, 1.54) is 28.1 Å². The van der Waals surface area contributed by atoms with Crippen LogP contribution < -0.4 is 17.0 Å². The van der Waals surface area contributed by atoms with Crippen LogP contribution in [0.2, 0.25) is 0 Å². The second kappa shape index (κ2) is 12.3. The van der Waals surface area contributed by atoms with Gasteiger partial charge in [-0.25, -0.2) is 19.9 Å². The van der Waals surface area contributed by atoms with Crippen LogP contribution >= 0.6 is 17.2 Å². The lowest BCUT2D eigenvalue weighted by Crippen LogP contribution is -2.35. The van der Waals surface area contributed by atoms with Crippen LogP contribution in [0.4, 0.5) is 11.8 Å². The van der Waals surface area contributed by atoms with E-state index in [2.05, 4.69) is 29.9 Å². The van der Waals surface area contributed by atoms with E-state index in [4.69, 9.17) is 39.0 Å². The second-order valence-corrected chi connectivity index (χ2v) is 12.3. The van der Waals surface area contributed by atoms with Crippen LogP contribution in [-0.4, -0.2) is 109 Å². The molecule has 4 aromatic heterocycles. The van der Waals surface area contributed by atoms with Gasteiger partial charge in [0, 0.05) is 12.5 Å². The Morgan fingerprint density at radius 2 is 1.58 bits per heavy atom. The van der Waals surface area contributed by atoms with Crippen LogP contribution in [0.25, 0.3) is 22.3 Å². The third kappa shape index (κ3) is 5.54. The van der Waals surface area contributed by atoms with Crippen molar-refractivity contribution in [2.24, 2.45) is 5.92 Å². The van der Waals surface area contributed by atoms with Crippen molar-refractivity contribution in [1.29, 1.82) is 0 Å². The molecular weight excluding hydrogens is 642 g/mol. The molecule has 3 aliphatic rings. The molecule has 7 rings (SSSR count). The maximum absolute atomic E-state index is 12.4. The van der Waals surface area contributed by atoms with Gasteiger partial charge >= 0.3 is 17.2 Å². The molecule has 0 spiro atoms. The monoisotopic (exact) mass is 670 g/mol. The highest BCUT2D eigenvalue weighted by Gasteiger charge is 2.51. The van der Waals surface area contributed by atoms with Gasteiger partial charge in [0.25, 0.3) is 5.56 Å². The number of imidazole rings is 2. The number of hydrogen-bond donors (Lipinski definition) is 7. The van der Waals surface area contributed by atoms with Crippen LogP contribution in [0.5, 0.6) is 0 Å². The average molecular weight is 670 g/mol. The summed E-state index contributed by atoms with van der Waals surface area (Å²) in [5, 5.41) is 21.1. The molecule has 242 valence electrons. The number of anilines is 2. The summed E-state index contributed by atoms with van der Waals surface area (Å²) in [4.78, 5) is 57.1. The highest BCUT2D eigenvalue weighted by Crippen LogP contribution is 2.50. The van der Waals surface area contributed by atoms with Gasteiger partial charge in [-0.15, -0.1) is 0 Å². The number of aliphatic hydroxyl groups is 2. The van der Waals surface area contributed by atoms with Crippen LogP contribution in [0, 0.1) is 5.92 Å². The Hall–Kier alpha value is -3.04. The molecule has 0 aliphatic carbocycles. The first kappa shape index (κ1) is 30.6. The Labute approximate surface area is 254 Å². The average Bonchev–Trinajstić information content (AvgIpc) is 3.77. The molecule has 45 heavy (non-hydrogen) atoms. The number of ether oxygens (including phenoxy) is 2. The summed E-state index contributed by atoms with van der Waals surface area (Å²) in [7, 11) is -5.25. The van der Waals surface area contributed by atoms with Crippen molar-refractivity contribution in [2.75, 3.05) is 31.3 Å². The summed E-state index contributed by atoms with van der Waals surface area (Å²) in [6.07, 6.45) is -3.44. The molecule has 4 aromatic rings. The van der Waals surface area contributed by atoms with E-state index in [9.17, 15) is 24.8 Å². The molecule has 9 N–H and O–H groups in total. The number of rotatable bonds is 4. The predicted octanol–water partition coefficient (Wildman–Crippen LogP) is -1.47. The Balaban J connectivity index is 1.17. The summed E-state index contributed by atoms with van der Waals surface area (Å²) in [6.45, 7) is -0.857. The van der Waals surface area contributed by atoms with Gasteiger partial charge in [0.15, 0.2) is 35.1 Å². The minimum Gasteiger partial charge on any atom is -0.396 e. The maximum atomic E-state index is 12.4. The molecule has 3 saturated heterocycles. The third-order valence-corrected chi connectivity index (χ3v) is 9.36. The number of aromatic nitrogens is 8. The van der Waals surface area contributed by atoms with Gasteiger partial charge in [0.05, 0.1) is 32.0 Å². The zero-order valence-corrected chi connectivity index (χ0v) is 24.8. The predicted molar refractivity (Wildman–Crippen MR) is 151 cm³/mol. The van der Waals surface area contributed by atoms with E-state index in [0.29, 0.717) is 5.52 Å². The van der Waals surface area contributed by atoms with Gasteiger partial charge in [0.2, 0.25) is 5.95 Å². The summed E-state index contributed by atoms with van der Waals surface area (Å²) in [6, 6.07) is 0. The number of nitrogen functional groups attached to an aromatic ring is 2. The molecule has 7 heterocycles. The van der Waals surface area contributed by atoms with Crippen molar-refractivity contribution in [1.82, 2.24) is 39.0 Å². The molecule has 23 heteroatoms. The van der Waals surface area contributed by atoms with Gasteiger partial charge in [0.1, 0.15) is 36.3 Å². The molecule has 10 unspecified atom stereocenters. The number of hydrogen-bond acceptors (Lipinski definition) is 18. The van der Waals surface area contributed by atoms with E-state index in [1.54, 1.807) is 0 Å². The molecule has 3 aliphatic heterocycles. The molecule has 0 saturated carbocycles. The van der Waals surface area contributed by atoms with Gasteiger partial charge in [-0.3, -0.25) is 18.9 Å². The number of H-pyrrole nitrogens is 1. The van der Waals surface area contributed by atoms with Gasteiger partial charge in [-0.2, -0.15) is 4.98 Å². The lowest BCUT2D eigenvalue weighted by Gasteiger charge is -2.26. The first-order valence-electron chi connectivity index (χ1n) is 13.6. The van der Waals surface area contributed by atoms with E-state index < -0.39 is 71.7 Å². The SMILES string of the molecule is Nc1nc2c(ncn2C2OC3COP(O)OC4C(COP(O)OC2C3CCO)OC(n2cnc3c(N)ncnc32)C4O)c(=O)[nH]1. The van der Waals surface area contributed by atoms with E-state index in [0.717, 1.165) is 0 Å². The minimum absolute atomic E-state index is 0.00786. The molecule has 2 bridgehead atoms. The number of nitrogens with zero attached hydrogens (tertiary/aromatic N) is 7. The number of aromatic amines is 1. The zero-order chi connectivity index (χ0) is 31.4. The Morgan fingerprint density at radius 1 is 0.911 bits per heavy atom. The molecule has 10 atom stereocenters. The molecule has 0 aromatic carbocycles. The largest absolute Gasteiger partial charge is 0.396 e. The van der Waals surface area contributed by atoms with Crippen molar-refractivity contribution in [3.8, 4) is 0 Å². The maximum Gasteiger partial charge on any atom is 0.330 e. The lowest BCUT2D eigenvalue weighted by molar-refractivity contribution is -0.0598. The third-order valence-electron chi connectivity index (χ3n) is 7.77. The fourth-order valence-corrected chi connectivity index (χ4v) is 7.35. The van der Waals surface area contributed by atoms with Gasteiger partial charge in [-0.05, 0) is 6.42 Å². The van der Waals surface area contributed by atoms with Crippen molar-refractivity contribution in [2.45, 2.75) is 49.4 Å². The smallest absolute Gasteiger partial charge is 0.330 e. The van der Waals surface area contributed by atoms with Crippen molar-refractivity contribution in [3.63, 3.8) is 0 Å². The van der Waals surface area contributed by atoms with E-state index in [-0.39, 0.29) is 54.8 Å².